The Kier molecular flexibility index (Phi) is 6.41. The number of aromatic nitrogens is 4. The molecule has 4 rings (SSSR count). The highest BCUT2D eigenvalue weighted by Gasteiger charge is 2.31. The van der Waals surface area contributed by atoms with E-state index in [-0.39, 0.29) is 29.0 Å². The number of ether oxygens (including phenoxy) is 1. The van der Waals surface area contributed by atoms with E-state index >= 15 is 0 Å². The van der Waals surface area contributed by atoms with Crippen molar-refractivity contribution in [2.75, 3.05) is 0 Å². The summed E-state index contributed by atoms with van der Waals surface area (Å²) in [6.45, 7) is -0.108. The van der Waals surface area contributed by atoms with Gasteiger partial charge in [0.2, 0.25) is 5.65 Å². The van der Waals surface area contributed by atoms with Crippen LogP contribution in [0.1, 0.15) is 22.3 Å². The van der Waals surface area contributed by atoms with E-state index in [9.17, 15) is 30.9 Å². The molecule has 2 aromatic heterocycles. The van der Waals surface area contributed by atoms with Crippen LogP contribution >= 0.6 is 0 Å². The number of imidazole rings is 1. The lowest BCUT2D eigenvalue weighted by molar-refractivity contribution is -0.138. The largest absolute Gasteiger partial charge is 0.609 e. The Balaban J connectivity index is 1.48. The van der Waals surface area contributed by atoms with Crippen molar-refractivity contribution in [3.63, 3.8) is 0 Å². The van der Waals surface area contributed by atoms with Gasteiger partial charge in [-0.25, -0.2) is 9.38 Å². The first-order valence-corrected chi connectivity index (χ1v) is 10.9. The standard InChI is InChI=1S/C21H14F6N4O2S/c22-20(23,24)15-5-1-13(2-6-15)11-33-18-17-28-9-10-31(17)19(30-29-18)34(32)12-14-3-7-16(8-4-14)21(25,26)27/h1-10H,11-12H2. The van der Waals surface area contributed by atoms with Gasteiger partial charge in [0.1, 0.15) is 12.4 Å². The monoisotopic (exact) mass is 500 g/mol. The fourth-order valence-corrected chi connectivity index (χ4v) is 4.12. The molecule has 0 aliphatic heterocycles. The third-order valence-corrected chi connectivity index (χ3v) is 5.99. The van der Waals surface area contributed by atoms with Gasteiger partial charge < -0.3 is 9.29 Å². The van der Waals surface area contributed by atoms with Crippen molar-refractivity contribution in [1.29, 1.82) is 0 Å². The average Bonchev–Trinajstić information content (AvgIpc) is 3.27. The van der Waals surface area contributed by atoms with Gasteiger partial charge in [0.05, 0.1) is 11.1 Å². The highest BCUT2D eigenvalue weighted by Crippen LogP contribution is 2.30. The zero-order valence-electron chi connectivity index (χ0n) is 17.0. The SMILES string of the molecule is [O-][S+](Cc1ccc(C(F)(F)F)cc1)c1nnc(OCc2ccc(C(F)(F)F)cc2)c2nccn12. The minimum atomic E-state index is -4.47. The first kappa shape index (κ1) is 23.8. The molecule has 13 heteroatoms. The number of nitrogens with zero attached hydrogens (tertiary/aromatic N) is 4. The van der Waals surface area contributed by atoms with Gasteiger partial charge in [-0.2, -0.15) is 26.3 Å². The number of rotatable bonds is 6. The molecule has 0 bridgehead atoms. The normalized spacial score (nSPS) is 13.3. The summed E-state index contributed by atoms with van der Waals surface area (Å²) in [6, 6.07) is 8.69. The second-order valence-electron chi connectivity index (χ2n) is 7.08. The molecule has 0 fully saturated rings. The van der Waals surface area contributed by atoms with E-state index in [1.165, 1.54) is 41.1 Å². The van der Waals surface area contributed by atoms with Gasteiger partial charge >= 0.3 is 17.5 Å². The fraction of sp³-hybridized carbons (Fsp3) is 0.190. The van der Waals surface area contributed by atoms with Crippen molar-refractivity contribution in [2.24, 2.45) is 0 Å². The van der Waals surface area contributed by atoms with Crippen LogP contribution in [0.25, 0.3) is 5.65 Å². The molecule has 0 saturated heterocycles. The Morgan fingerprint density at radius 2 is 1.38 bits per heavy atom. The molecule has 0 aliphatic rings. The molecule has 0 N–H and O–H groups in total. The highest BCUT2D eigenvalue weighted by atomic mass is 32.2. The van der Waals surface area contributed by atoms with E-state index < -0.39 is 34.7 Å². The van der Waals surface area contributed by atoms with E-state index in [1.807, 2.05) is 0 Å². The van der Waals surface area contributed by atoms with Gasteiger partial charge in [-0.3, -0.25) is 0 Å². The minimum Gasteiger partial charge on any atom is -0.609 e. The van der Waals surface area contributed by atoms with E-state index in [0.29, 0.717) is 11.1 Å². The number of halogens is 6. The average molecular weight is 500 g/mol. The van der Waals surface area contributed by atoms with Crippen molar-refractivity contribution < 1.29 is 35.6 Å². The van der Waals surface area contributed by atoms with Gasteiger partial charge in [0.15, 0.2) is 0 Å². The minimum absolute atomic E-state index is 0.00859. The quantitative estimate of drug-likeness (QED) is 0.274. The summed E-state index contributed by atoms with van der Waals surface area (Å²) >= 11 is -1.77. The molecule has 178 valence electrons. The van der Waals surface area contributed by atoms with Crippen LogP contribution in [0.5, 0.6) is 5.88 Å². The van der Waals surface area contributed by atoms with Crippen LogP contribution in [0, 0.1) is 0 Å². The molecule has 1 atom stereocenters. The van der Waals surface area contributed by atoms with Gasteiger partial charge in [0.25, 0.3) is 5.88 Å². The Hall–Kier alpha value is -3.32. The van der Waals surface area contributed by atoms with Gasteiger partial charge in [0, 0.05) is 29.1 Å². The van der Waals surface area contributed by atoms with Crippen molar-refractivity contribution in [2.45, 2.75) is 29.9 Å². The summed E-state index contributed by atoms with van der Waals surface area (Å²) in [5.74, 6) is -0.133. The molecule has 4 aromatic rings. The third kappa shape index (κ3) is 5.25. The van der Waals surface area contributed by atoms with Crippen LogP contribution in [0.3, 0.4) is 0 Å². The smallest absolute Gasteiger partial charge is 0.416 e. The summed E-state index contributed by atoms with van der Waals surface area (Å²) < 4.78 is 95.9. The second-order valence-corrected chi connectivity index (χ2v) is 8.42. The second kappa shape index (κ2) is 9.14. The molecule has 0 radical (unpaired) electrons. The predicted molar refractivity (Wildman–Crippen MR) is 108 cm³/mol. The van der Waals surface area contributed by atoms with Crippen molar-refractivity contribution in [3.8, 4) is 5.88 Å². The van der Waals surface area contributed by atoms with Crippen LogP contribution in [0.4, 0.5) is 26.3 Å². The maximum absolute atomic E-state index is 12.8. The predicted octanol–water partition coefficient (Wildman–Crippen LogP) is 5.05. The summed E-state index contributed by atoms with van der Waals surface area (Å²) in [4.78, 5) is 4.09. The lowest BCUT2D eigenvalue weighted by Crippen LogP contribution is -2.15. The maximum atomic E-state index is 12.8. The summed E-state index contributed by atoms with van der Waals surface area (Å²) in [5.41, 5.74) is -0.559. The van der Waals surface area contributed by atoms with Gasteiger partial charge in [-0.05, 0) is 29.8 Å². The van der Waals surface area contributed by atoms with Crippen LogP contribution in [-0.2, 0) is 35.9 Å². The molecule has 0 saturated carbocycles. The Morgan fingerprint density at radius 3 is 1.94 bits per heavy atom. The number of alkyl halides is 6. The van der Waals surface area contributed by atoms with Crippen LogP contribution in [-0.4, -0.2) is 24.1 Å². The highest BCUT2D eigenvalue weighted by molar-refractivity contribution is 7.90. The topological polar surface area (TPSA) is 75.4 Å². The van der Waals surface area contributed by atoms with E-state index in [2.05, 4.69) is 15.2 Å². The summed E-state index contributed by atoms with van der Waals surface area (Å²) in [7, 11) is 0. The van der Waals surface area contributed by atoms with E-state index in [4.69, 9.17) is 4.74 Å². The summed E-state index contributed by atoms with van der Waals surface area (Å²) in [5, 5.41) is 7.80. The molecule has 0 amide bonds. The fourth-order valence-electron chi connectivity index (χ4n) is 2.99. The first-order chi connectivity index (χ1) is 16.0. The molecule has 34 heavy (non-hydrogen) atoms. The van der Waals surface area contributed by atoms with Crippen LogP contribution in [0.15, 0.2) is 66.1 Å². The van der Waals surface area contributed by atoms with Gasteiger partial charge in [-0.1, -0.05) is 29.4 Å². The lowest BCUT2D eigenvalue weighted by Gasteiger charge is -2.13. The number of benzene rings is 2. The van der Waals surface area contributed by atoms with E-state index in [0.717, 1.165) is 24.3 Å². The molecule has 0 aliphatic carbocycles. The third-order valence-electron chi connectivity index (χ3n) is 4.70. The molecule has 1 unspecified atom stereocenters. The Morgan fingerprint density at radius 1 is 0.824 bits per heavy atom. The molecular weight excluding hydrogens is 486 g/mol. The lowest BCUT2D eigenvalue weighted by atomic mass is 10.1. The van der Waals surface area contributed by atoms with E-state index in [1.54, 1.807) is 0 Å². The van der Waals surface area contributed by atoms with Crippen molar-refractivity contribution in [3.05, 3.63) is 83.2 Å². The Bertz CT molecular complexity index is 1270. The molecule has 2 heterocycles. The van der Waals surface area contributed by atoms with Crippen molar-refractivity contribution in [1.82, 2.24) is 19.6 Å². The number of fused-ring (bicyclic) bond motifs is 1. The van der Waals surface area contributed by atoms with Crippen LogP contribution < -0.4 is 4.74 Å². The first-order valence-electron chi connectivity index (χ1n) is 9.55. The zero-order valence-corrected chi connectivity index (χ0v) is 17.8. The van der Waals surface area contributed by atoms with Gasteiger partial charge in [-0.15, -0.1) is 5.10 Å². The molecule has 2 aromatic carbocycles. The number of hydrogen-bond donors (Lipinski definition) is 0. The van der Waals surface area contributed by atoms with Crippen LogP contribution in [0.2, 0.25) is 0 Å². The molecule has 0 spiro atoms. The molecular formula is C21H14F6N4O2S. The zero-order chi connectivity index (χ0) is 24.5. The summed E-state index contributed by atoms with van der Waals surface area (Å²) in [6.07, 6.45) is -6.06. The Labute approximate surface area is 191 Å². The molecule has 6 nitrogen and oxygen atoms in total. The van der Waals surface area contributed by atoms with Crippen molar-refractivity contribution >= 4 is 16.8 Å². The number of hydrogen-bond acceptors (Lipinski definition) is 5. The maximum Gasteiger partial charge on any atom is 0.416 e.